The van der Waals surface area contributed by atoms with E-state index in [1.54, 1.807) is 4.90 Å². The number of carbonyl (C=O) groups excluding carboxylic acids is 1. The van der Waals surface area contributed by atoms with Crippen molar-refractivity contribution in [1.29, 1.82) is 0 Å². The Hall–Kier alpha value is -1.43. The van der Waals surface area contributed by atoms with Crippen molar-refractivity contribution in [1.82, 2.24) is 10.2 Å². The van der Waals surface area contributed by atoms with Gasteiger partial charge in [0.25, 0.3) is 0 Å². The molecule has 0 radical (unpaired) electrons. The van der Waals surface area contributed by atoms with Crippen LogP contribution in [0.2, 0.25) is 0 Å². The average Bonchev–Trinajstić information content (AvgIpc) is 2.54. The number of nitrogens with zero attached hydrogens (tertiary/aromatic N) is 1. The summed E-state index contributed by atoms with van der Waals surface area (Å²) in [6.07, 6.45) is 4.80. The first-order chi connectivity index (χ1) is 11.1. The Bertz CT molecular complexity index is 513. The van der Waals surface area contributed by atoms with Gasteiger partial charge in [0.15, 0.2) is 0 Å². The number of hydrogen-bond donors (Lipinski definition) is 3. The number of aliphatic hydroxyl groups is 2. The molecule has 5 heteroatoms. The third kappa shape index (κ3) is 5.30. The van der Waals surface area contributed by atoms with Crippen LogP contribution in [0.5, 0.6) is 0 Å². The van der Waals surface area contributed by atoms with Crippen LogP contribution in [0.1, 0.15) is 42.5 Å². The molecule has 1 aromatic rings. The second kappa shape index (κ2) is 9.01. The predicted molar refractivity (Wildman–Crippen MR) is 90.3 cm³/mol. The van der Waals surface area contributed by atoms with Crippen molar-refractivity contribution in [2.75, 3.05) is 32.8 Å². The predicted octanol–water partition coefficient (Wildman–Crippen LogP) is 1.03. The zero-order valence-corrected chi connectivity index (χ0v) is 13.9. The highest BCUT2D eigenvalue weighted by Crippen LogP contribution is 2.24. The summed E-state index contributed by atoms with van der Waals surface area (Å²) in [6.45, 7) is 2.92. The Morgan fingerprint density at radius 2 is 1.83 bits per heavy atom. The molecule has 0 spiro atoms. The molecule has 0 saturated carbocycles. The molecule has 0 fully saturated rings. The van der Waals surface area contributed by atoms with Crippen molar-refractivity contribution in [3.8, 4) is 0 Å². The number of hydrogen-bond acceptors (Lipinski definition) is 4. The fourth-order valence-electron chi connectivity index (χ4n) is 3.15. The highest BCUT2D eigenvalue weighted by Gasteiger charge is 2.15. The fraction of sp³-hybridized carbons (Fsp3) is 0.611. The van der Waals surface area contributed by atoms with E-state index in [2.05, 4.69) is 23.5 Å². The Morgan fingerprint density at radius 3 is 2.48 bits per heavy atom. The molecule has 1 aliphatic carbocycles. The normalized spacial score (nSPS) is 15.3. The lowest BCUT2D eigenvalue weighted by atomic mass is 9.89. The van der Waals surface area contributed by atoms with Gasteiger partial charge in [-0.25, -0.2) is 0 Å². The summed E-state index contributed by atoms with van der Waals surface area (Å²) < 4.78 is 0. The number of carbonyl (C=O) groups is 1. The van der Waals surface area contributed by atoms with Crippen LogP contribution in [0, 0.1) is 0 Å². The van der Waals surface area contributed by atoms with Gasteiger partial charge in [-0.2, -0.15) is 0 Å². The summed E-state index contributed by atoms with van der Waals surface area (Å²) in [4.78, 5) is 13.9. The molecule has 0 aromatic heterocycles. The van der Waals surface area contributed by atoms with Gasteiger partial charge in [0.05, 0.1) is 25.8 Å². The van der Waals surface area contributed by atoms with Crippen LogP contribution in [0.4, 0.5) is 0 Å². The molecule has 1 aromatic carbocycles. The SMILES string of the molecule is CC(NC(=O)CN(CCO)CCO)c1ccc2c(c1)CCCC2. The van der Waals surface area contributed by atoms with Gasteiger partial charge in [-0.05, 0) is 49.3 Å². The van der Waals surface area contributed by atoms with E-state index in [1.165, 1.54) is 24.0 Å². The molecule has 5 nitrogen and oxygen atoms in total. The maximum atomic E-state index is 12.2. The molecule has 128 valence electrons. The first-order valence-electron chi connectivity index (χ1n) is 8.49. The van der Waals surface area contributed by atoms with Crippen molar-refractivity contribution in [2.24, 2.45) is 0 Å². The molecule has 0 saturated heterocycles. The summed E-state index contributed by atoms with van der Waals surface area (Å²) in [5.41, 5.74) is 3.99. The molecule has 23 heavy (non-hydrogen) atoms. The van der Waals surface area contributed by atoms with Crippen molar-refractivity contribution >= 4 is 5.91 Å². The Labute approximate surface area is 138 Å². The van der Waals surface area contributed by atoms with Gasteiger partial charge in [0, 0.05) is 13.1 Å². The molecule has 0 heterocycles. The Kier molecular flexibility index (Phi) is 7.02. The van der Waals surface area contributed by atoms with E-state index < -0.39 is 0 Å². The molecule has 1 unspecified atom stereocenters. The lowest BCUT2D eigenvalue weighted by molar-refractivity contribution is -0.123. The minimum Gasteiger partial charge on any atom is -0.395 e. The Balaban J connectivity index is 1.92. The van der Waals surface area contributed by atoms with E-state index in [1.807, 2.05) is 6.92 Å². The van der Waals surface area contributed by atoms with Gasteiger partial charge in [-0.1, -0.05) is 18.2 Å². The third-order valence-electron chi connectivity index (χ3n) is 4.45. The van der Waals surface area contributed by atoms with E-state index in [0.29, 0.717) is 13.1 Å². The van der Waals surface area contributed by atoms with Gasteiger partial charge in [0.1, 0.15) is 0 Å². The molecule has 1 aliphatic rings. The van der Waals surface area contributed by atoms with Crippen molar-refractivity contribution in [3.63, 3.8) is 0 Å². The van der Waals surface area contributed by atoms with Gasteiger partial charge >= 0.3 is 0 Å². The minimum atomic E-state index is -0.0860. The van der Waals surface area contributed by atoms with Crippen LogP contribution < -0.4 is 5.32 Å². The number of aryl methyl sites for hydroxylation is 2. The lowest BCUT2D eigenvalue weighted by Gasteiger charge is -2.23. The molecule has 0 bridgehead atoms. The van der Waals surface area contributed by atoms with Crippen LogP contribution in [0.15, 0.2) is 18.2 Å². The summed E-state index contributed by atoms with van der Waals surface area (Å²) >= 11 is 0. The van der Waals surface area contributed by atoms with Crippen LogP contribution in [0.25, 0.3) is 0 Å². The first-order valence-corrected chi connectivity index (χ1v) is 8.49. The topological polar surface area (TPSA) is 72.8 Å². The standard InChI is InChI=1S/C18H28N2O3/c1-14(19-18(23)13-20(8-10-21)9-11-22)16-7-6-15-4-2-3-5-17(15)12-16/h6-7,12,14,21-22H,2-5,8-11,13H2,1H3,(H,19,23). The quantitative estimate of drug-likeness (QED) is 0.669. The average molecular weight is 320 g/mol. The Morgan fingerprint density at radius 1 is 1.17 bits per heavy atom. The molecular weight excluding hydrogens is 292 g/mol. The summed E-state index contributed by atoms with van der Waals surface area (Å²) in [5.74, 6) is -0.0860. The molecule has 1 atom stereocenters. The second-order valence-corrected chi connectivity index (χ2v) is 6.25. The maximum Gasteiger partial charge on any atom is 0.234 e. The van der Waals surface area contributed by atoms with E-state index in [9.17, 15) is 4.79 Å². The van der Waals surface area contributed by atoms with Gasteiger partial charge in [0.2, 0.25) is 5.91 Å². The van der Waals surface area contributed by atoms with Gasteiger partial charge in [-0.15, -0.1) is 0 Å². The first kappa shape index (κ1) is 17.9. The second-order valence-electron chi connectivity index (χ2n) is 6.25. The van der Waals surface area contributed by atoms with Crippen LogP contribution in [-0.4, -0.2) is 53.9 Å². The number of nitrogens with one attached hydrogen (secondary N) is 1. The van der Waals surface area contributed by atoms with Crippen molar-refractivity contribution in [2.45, 2.75) is 38.6 Å². The summed E-state index contributed by atoms with van der Waals surface area (Å²) in [6, 6.07) is 6.48. The van der Waals surface area contributed by atoms with Crippen LogP contribution >= 0.6 is 0 Å². The largest absolute Gasteiger partial charge is 0.395 e. The zero-order chi connectivity index (χ0) is 16.7. The third-order valence-corrected chi connectivity index (χ3v) is 4.45. The van der Waals surface area contributed by atoms with E-state index in [-0.39, 0.29) is 31.7 Å². The lowest BCUT2D eigenvalue weighted by Crippen LogP contribution is -2.40. The smallest absolute Gasteiger partial charge is 0.234 e. The van der Waals surface area contributed by atoms with Crippen LogP contribution in [-0.2, 0) is 17.6 Å². The number of fused-ring (bicyclic) bond motifs is 1. The molecule has 2 rings (SSSR count). The summed E-state index contributed by atoms with van der Waals surface area (Å²) in [7, 11) is 0. The van der Waals surface area contributed by atoms with E-state index >= 15 is 0 Å². The fourth-order valence-corrected chi connectivity index (χ4v) is 3.15. The molecular formula is C18H28N2O3. The van der Waals surface area contributed by atoms with Crippen molar-refractivity contribution < 1.29 is 15.0 Å². The van der Waals surface area contributed by atoms with Gasteiger partial charge in [-0.3, -0.25) is 9.69 Å². The van der Waals surface area contributed by atoms with E-state index in [4.69, 9.17) is 10.2 Å². The summed E-state index contributed by atoms with van der Waals surface area (Å²) in [5, 5.41) is 21.0. The van der Waals surface area contributed by atoms with Crippen LogP contribution in [0.3, 0.4) is 0 Å². The number of rotatable bonds is 8. The number of aliphatic hydroxyl groups excluding tert-OH is 2. The molecule has 0 aliphatic heterocycles. The zero-order valence-electron chi connectivity index (χ0n) is 13.9. The number of amides is 1. The highest BCUT2D eigenvalue weighted by molar-refractivity contribution is 5.78. The monoisotopic (exact) mass is 320 g/mol. The van der Waals surface area contributed by atoms with Gasteiger partial charge < -0.3 is 15.5 Å². The van der Waals surface area contributed by atoms with Crippen molar-refractivity contribution in [3.05, 3.63) is 34.9 Å². The number of benzene rings is 1. The maximum absolute atomic E-state index is 12.2. The highest BCUT2D eigenvalue weighted by atomic mass is 16.3. The molecule has 1 amide bonds. The van der Waals surface area contributed by atoms with E-state index in [0.717, 1.165) is 18.4 Å². The minimum absolute atomic E-state index is 0.0202. The molecule has 3 N–H and O–H groups in total.